The Morgan fingerprint density at radius 1 is 1.19 bits per heavy atom. The quantitative estimate of drug-likeness (QED) is 0.492. The number of hydrogen-bond acceptors (Lipinski definition) is 9. The highest BCUT2D eigenvalue weighted by molar-refractivity contribution is 7.99. The SMILES string of the molecule is CCc1nnc(NC(=O)CSc2nnc(CN3CCOCC3)n2-c2ccc(Cl)cc2)s1. The van der Waals surface area contributed by atoms with Gasteiger partial charge in [0.15, 0.2) is 11.0 Å². The molecule has 1 aromatic carbocycles. The zero-order chi connectivity index (χ0) is 21.6. The number of amides is 1. The van der Waals surface area contributed by atoms with E-state index < -0.39 is 0 Å². The summed E-state index contributed by atoms with van der Waals surface area (Å²) in [6.07, 6.45) is 0.790. The number of nitrogens with zero attached hydrogens (tertiary/aromatic N) is 6. The highest BCUT2D eigenvalue weighted by Crippen LogP contribution is 2.25. The Balaban J connectivity index is 1.49. The van der Waals surface area contributed by atoms with Gasteiger partial charge in [0.2, 0.25) is 11.0 Å². The highest BCUT2D eigenvalue weighted by atomic mass is 35.5. The molecule has 1 aliphatic heterocycles. The smallest absolute Gasteiger partial charge is 0.236 e. The first-order valence-electron chi connectivity index (χ1n) is 9.87. The number of rotatable bonds is 8. The number of carbonyl (C=O) groups excluding carboxylic acids is 1. The summed E-state index contributed by atoms with van der Waals surface area (Å²) >= 11 is 8.78. The van der Waals surface area contributed by atoms with Gasteiger partial charge in [-0.2, -0.15) is 0 Å². The molecule has 0 unspecified atom stereocenters. The number of aromatic nitrogens is 5. The number of benzene rings is 1. The molecule has 1 amide bonds. The molecule has 31 heavy (non-hydrogen) atoms. The molecular formula is C19H22ClN7O2S2. The summed E-state index contributed by atoms with van der Waals surface area (Å²) in [4.78, 5) is 14.7. The van der Waals surface area contributed by atoms with E-state index in [1.807, 2.05) is 35.8 Å². The van der Waals surface area contributed by atoms with Crippen LogP contribution < -0.4 is 5.32 Å². The summed E-state index contributed by atoms with van der Waals surface area (Å²) < 4.78 is 7.41. The monoisotopic (exact) mass is 479 g/mol. The van der Waals surface area contributed by atoms with Crippen LogP contribution in [0.4, 0.5) is 5.13 Å². The van der Waals surface area contributed by atoms with Gasteiger partial charge in [0.1, 0.15) is 5.01 Å². The van der Waals surface area contributed by atoms with Gasteiger partial charge in [-0.3, -0.25) is 19.6 Å². The van der Waals surface area contributed by atoms with Gasteiger partial charge in [-0.25, -0.2) is 0 Å². The molecule has 1 fully saturated rings. The lowest BCUT2D eigenvalue weighted by Gasteiger charge is -2.26. The van der Waals surface area contributed by atoms with Crippen molar-refractivity contribution < 1.29 is 9.53 Å². The van der Waals surface area contributed by atoms with E-state index in [0.29, 0.717) is 35.1 Å². The van der Waals surface area contributed by atoms with Crippen LogP contribution in [0.3, 0.4) is 0 Å². The molecule has 0 spiro atoms. The number of halogens is 1. The fraction of sp³-hybridized carbons (Fsp3) is 0.421. The standard InChI is InChI=1S/C19H22ClN7O2S2/c1-2-17-23-24-18(31-17)21-16(28)12-30-19-25-22-15(11-26-7-9-29-10-8-26)27(19)14-5-3-13(20)4-6-14/h3-6H,2,7-12H2,1H3,(H,21,24,28). The number of thioether (sulfide) groups is 1. The maximum atomic E-state index is 12.4. The Kier molecular flexibility index (Phi) is 7.51. The fourth-order valence-corrected chi connectivity index (χ4v) is 4.63. The van der Waals surface area contributed by atoms with E-state index in [4.69, 9.17) is 16.3 Å². The fourth-order valence-electron chi connectivity index (χ4n) is 3.04. The maximum absolute atomic E-state index is 12.4. The van der Waals surface area contributed by atoms with E-state index in [-0.39, 0.29) is 11.7 Å². The number of hydrogen-bond donors (Lipinski definition) is 1. The van der Waals surface area contributed by atoms with Crippen molar-refractivity contribution in [2.75, 3.05) is 37.4 Å². The van der Waals surface area contributed by atoms with Crippen LogP contribution >= 0.6 is 34.7 Å². The molecule has 3 heterocycles. The minimum Gasteiger partial charge on any atom is -0.379 e. The normalized spacial score (nSPS) is 14.6. The van der Waals surface area contributed by atoms with Gasteiger partial charge < -0.3 is 4.74 Å². The molecule has 4 rings (SSSR count). The number of anilines is 1. The molecular weight excluding hydrogens is 458 g/mol. The summed E-state index contributed by atoms with van der Waals surface area (Å²) in [6, 6.07) is 7.51. The van der Waals surface area contributed by atoms with Crippen LogP contribution in [0.5, 0.6) is 0 Å². The van der Waals surface area contributed by atoms with Crippen LogP contribution in [-0.4, -0.2) is 67.8 Å². The molecule has 1 saturated heterocycles. The zero-order valence-corrected chi connectivity index (χ0v) is 19.3. The van der Waals surface area contributed by atoms with Crippen LogP contribution in [-0.2, 0) is 22.5 Å². The van der Waals surface area contributed by atoms with Crippen molar-refractivity contribution in [1.82, 2.24) is 29.9 Å². The van der Waals surface area contributed by atoms with E-state index in [9.17, 15) is 4.79 Å². The lowest BCUT2D eigenvalue weighted by Crippen LogP contribution is -2.36. The zero-order valence-electron chi connectivity index (χ0n) is 17.0. The van der Waals surface area contributed by atoms with Gasteiger partial charge in [0.25, 0.3) is 0 Å². The van der Waals surface area contributed by atoms with Crippen molar-refractivity contribution in [3.8, 4) is 5.69 Å². The third-order valence-corrected chi connectivity index (χ3v) is 6.77. The third-order valence-electron chi connectivity index (χ3n) is 4.60. The first kappa shape index (κ1) is 22.2. The van der Waals surface area contributed by atoms with Crippen molar-refractivity contribution in [2.45, 2.75) is 25.0 Å². The van der Waals surface area contributed by atoms with Gasteiger partial charge in [0.05, 0.1) is 25.5 Å². The van der Waals surface area contributed by atoms with E-state index in [1.165, 1.54) is 23.1 Å². The highest BCUT2D eigenvalue weighted by Gasteiger charge is 2.20. The average Bonchev–Trinajstić information content (AvgIpc) is 3.40. The van der Waals surface area contributed by atoms with E-state index >= 15 is 0 Å². The van der Waals surface area contributed by atoms with Gasteiger partial charge in [0, 0.05) is 23.8 Å². The second-order valence-electron chi connectivity index (χ2n) is 6.79. The summed E-state index contributed by atoms with van der Waals surface area (Å²) in [5.41, 5.74) is 0.900. The molecule has 0 radical (unpaired) electrons. The number of nitrogens with one attached hydrogen (secondary N) is 1. The molecule has 9 nitrogen and oxygen atoms in total. The lowest BCUT2D eigenvalue weighted by molar-refractivity contribution is -0.113. The first-order valence-corrected chi connectivity index (χ1v) is 12.1. The van der Waals surface area contributed by atoms with Crippen molar-refractivity contribution in [3.05, 3.63) is 40.1 Å². The van der Waals surface area contributed by atoms with E-state index in [1.54, 1.807) is 0 Å². The van der Waals surface area contributed by atoms with Gasteiger partial charge in [-0.05, 0) is 30.7 Å². The molecule has 12 heteroatoms. The van der Waals surface area contributed by atoms with Crippen LogP contribution in [0.25, 0.3) is 5.69 Å². The van der Waals surface area contributed by atoms with E-state index in [0.717, 1.165) is 36.0 Å². The largest absolute Gasteiger partial charge is 0.379 e. The maximum Gasteiger partial charge on any atom is 0.236 e. The molecule has 0 saturated carbocycles. The molecule has 1 aliphatic rings. The number of carbonyl (C=O) groups is 1. The summed E-state index contributed by atoms with van der Waals surface area (Å²) in [6.45, 7) is 5.76. The Morgan fingerprint density at radius 2 is 1.97 bits per heavy atom. The Morgan fingerprint density at radius 3 is 2.68 bits per heavy atom. The number of aryl methyl sites for hydroxylation is 1. The Hall–Kier alpha value is -2.05. The number of ether oxygens (including phenoxy) is 1. The average molecular weight is 480 g/mol. The molecule has 2 aromatic heterocycles. The third kappa shape index (κ3) is 5.80. The molecule has 0 aliphatic carbocycles. The van der Waals surface area contributed by atoms with Crippen LogP contribution in [0, 0.1) is 0 Å². The predicted octanol–water partition coefficient (Wildman–Crippen LogP) is 2.90. The van der Waals surface area contributed by atoms with Crippen LogP contribution in [0.2, 0.25) is 5.02 Å². The Bertz CT molecular complexity index is 1020. The first-order chi connectivity index (χ1) is 15.1. The topological polar surface area (TPSA) is 98.1 Å². The molecule has 0 bridgehead atoms. The van der Waals surface area contributed by atoms with Crippen molar-refractivity contribution in [1.29, 1.82) is 0 Å². The van der Waals surface area contributed by atoms with Gasteiger partial charge in [-0.1, -0.05) is 41.6 Å². The summed E-state index contributed by atoms with van der Waals surface area (Å²) in [5, 5.41) is 22.3. The lowest BCUT2D eigenvalue weighted by atomic mass is 10.3. The van der Waals surface area contributed by atoms with Crippen molar-refractivity contribution in [2.24, 2.45) is 0 Å². The number of morpholine rings is 1. The van der Waals surface area contributed by atoms with Gasteiger partial charge in [-0.15, -0.1) is 20.4 Å². The molecule has 0 atom stereocenters. The van der Waals surface area contributed by atoms with Gasteiger partial charge >= 0.3 is 0 Å². The second kappa shape index (κ2) is 10.5. The second-order valence-corrected chi connectivity index (χ2v) is 9.23. The van der Waals surface area contributed by atoms with Crippen LogP contribution in [0.15, 0.2) is 29.4 Å². The molecule has 1 N–H and O–H groups in total. The molecule has 3 aromatic rings. The summed E-state index contributed by atoms with van der Waals surface area (Å²) in [7, 11) is 0. The molecule has 164 valence electrons. The van der Waals surface area contributed by atoms with Crippen molar-refractivity contribution >= 4 is 45.7 Å². The van der Waals surface area contributed by atoms with Crippen LogP contribution in [0.1, 0.15) is 17.8 Å². The van der Waals surface area contributed by atoms with E-state index in [2.05, 4.69) is 30.6 Å². The minimum atomic E-state index is -0.163. The minimum absolute atomic E-state index is 0.163. The van der Waals surface area contributed by atoms with Crippen molar-refractivity contribution in [3.63, 3.8) is 0 Å². The predicted molar refractivity (Wildman–Crippen MR) is 121 cm³/mol. The Labute approximate surface area is 193 Å². The summed E-state index contributed by atoms with van der Waals surface area (Å²) in [5.74, 6) is 0.831.